The molecule has 8 nitrogen and oxygen atoms in total. The van der Waals surface area contributed by atoms with E-state index in [9.17, 15) is 14.4 Å². The van der Waals surface area contributed by atoms with Crippen molar-refractivity contribution in [3.63, 3.8) is 0 Å². The summed E-state index contributed by atoms with van der Waals surface area (Å²) in [5, 5.41) is 5.24. The number of aryl methyl sites for hydroxylation is 1. The second-order valence-electron chi connectivity index (χ2n) is 7.04. The summed E-state index contributed by atoms with van der Waals surface area (Å²) in [6.45, 7) is 1.92. The molecule has 0 bridgehead atoms. The van der Waals surface area contributed by atoms with Gasteiger partial charge in [-0.15, -0.1) is 11.3 Å². The van der Waals surface area contributed by atoms with Crippen LogP contribution in [0.15, 0.2) is 51.8 Å². The maximum absolute atomic E-state index is 12.9. The smallest absolute Gasteiger partial charge is 0.325 e. The molecule has 2 aromatic rings. The standard InChI is InChI=1S/C21H19N5O3S2/c1-12-7-4-5-8-13(12)22-15(27)11-31-19-16-18(25(2)21(29)26(3)20(16)28)23-17(24-19)14-9-6-10-30-14/h4-10,16H,11H2,1-3H3/p+1. The minimum atomic E-state index is -0.812. The minimum Gasteiger partial charge on any atom is -0.325 e. The molecule has 1 aromatic carbocycles. The number of imide groups is 1. The van der Waals surface area contributed by atoms with E-state index in [-0.39, 0.29) is 11.7 Å². The van der Waals surface area contributed by atoms with E-state index in [4.69, 9.17) is 0 Å². The molecule has 0 fully saturated rings. The maximum Gasteiger partial charge on any atom is 0.445 e. The quantitative estimate of drug-likeness (QED) is 0.719. The fourth-order valence-corrected chi connectivity index (χ4v) is 4.78. The molecule has 3 heterocycles. The van der Waals surface area contributed by atoms with Gasteiger partial charge in [-0.2, -0.15) is 9.48 Å². The van der Waals surface area contributed by atoms with Gasteiger partial charge in [0.15, 0.2) is 5.92 Å². The highest BCUT2D eigenvalue weighted by molar-refractivity contribution is 8.14. The fraction of sp³-hybridized carbons (Fsp3) is 0.238. The van der Waals surface area contributed by atoms with Gasteiger partial charge in [-0.25, -0.2) is 9.79 Å². The number of carbonyl (C=O) groups is 3. The summed E-state index contributed by atoms with van der Waals surface area (Å²) < 4.78 is 1.36. The number of amidine groups is 2. The van der Waals surface area contributed by atoms with Crippen LogP contribution in [0.1, 0.15) is 10.4 Å². The van der Waals surface area contributed by atoms with Gasteiger partial charge < -0.3 is 5.32 Å². The van der Waals surface area contributed by atoms with E-state index in [0.717, 1.165) is 21.0 Å². The van der Waals surface area contributed by atoms with Crippen LogP contribution in [0.4, 0.5) is 10.5 Å². The average molecular weight is 455 g/mol. The third-order valence-electron chi connectivity index (χ3n) is 4.95. The number of para-hydroxylation sites is 1. The number of anilines is 1. The van der Waals surface area contributed by atoms with Crippen molar-refractivity contribution in [3.05, 3.63) is 52.2 Å². The molecule has 1 aromatic heterocycles. The summed E-state index contributed by atoms with van der Waals surface area (Å²) in [5.74, 6) is -0.591. The summed E-state index contributed by atoms with van der Waals surface area (Å²) >= 11 is 2.65. The number of fused-ring (bicyclic) bond motifs is 1. The number of hydrogen-bond acceptors (Lipinski definition) is 7. The number of nitrogens with one attached hydrogen (secondary N) is 1. The summed E-state index contributed by atoms with van der Waals surface area (Å²) in [6, 6.07) is 10.8. The number of thiophene rings is 1. The zero-order chi connectivity index (χ0) is 22.1. The van der Waals surface area contributed by atoms with Crippen LogP contribution < -0.4 is 5.32 Å². The van der Waals surface area contributed by atoms with Crippen molar-refractivity contribution in [1.82, 2.24) is 4.90 Å². The molecule has 1 unspecified atom stereocenters. The zero-order valence-corrected chi connectivity index (χ0v) is 18.8. The van der Waals surface area contributed by atoms with Crippen LogP contribution in [-0.4, -0.2) is 63.9 Å². The summed E-state index contributed by atoms with van der Waals surface area (Å²) in [5.41, 5.74) is 1.70. The highest BCUT2D eigenvalue weighted by Gasteiger charge is 2.49. The van der Waals surface area contributed by atoms with Crippen molar-refractivity contribution in [1.29, 1.82) is 0 Å². The molecule has 4 rings (SSSR count). The van der Waals surface area contributed by atoms with Crippen molar-refractivity contribution < 1.29 is 19.0 Å². The molecule has 2 aliphatic heterocycles. The van der Waals surface area contributed by atoms with E-state index < -0.39 is 17.9 Å². The first kappa shape index (κ1) is 21.1. The predicted molar refractivity (Wildman–Crippen MR) is 123 cm³/mol. The first-order chi connectivity index (χ1) is 14.9. The number of thioether (sulfide) groups is 1. The van der Waals surface area contributed by atoms with Gasteiger partial charge in [0, 0.05) is 5.69 Å². The van der Waals surface area contributed by atoms with Crippen LogP contribution in [-0.2, 0) is 9.59 Å². The van der Waals surface area contributed by atoms with Crippen molar-refractivity contribution in [2.45, 2.75) is 6.92 Å². The lowest BCUT2D eigenvalue weighted by atomic mass is 10.0. The van der Waals surface area contributed by atoms with Crippen LogP contribution in [0, 0.1) is 12.8 Å². The molecule has 0 saturated heterocycles. The number of nitrogens with zero attached hydrogens (tertiary/aromatic N) is 4. The van der Waals surface area contributed by atoms with E-state index in [2.05, 4.69) is 15.3 Å². The molecular weight excluding hydrogens is 434 g/mol. The Kier molecular flexibility index (Phi) is 5.84. The summed E-state index contributed by atoms with van der Waals surface area (Å²) in [6.07, 6.45) is 0. The highest BCUT2D eigenvalue weighted by Crippen LogP contribution is 2.27. The Morgan fingerprint density at radius 2 is 2.00 bits per heavy atom. The molecule has 0 radical (unpaired) electrons. The van der Waals surface area contributed by atoms with Crippen molar-refractivity contribution in [2.24, 2.45) is 15.9 Å². The summed E-state index contributed by atoms with van der Waals surface area (Å²) in [4.78, 5) is 48.9. The predicted octanol–water partition coefficient (Wildman–Crippen LogP) is 2.84. The third kappa shape index (κ3) is 4.08. The molecule has 158 valence electrons. The molecule has 1 N–H and O–H groups in total. The molecule has 31 heavy (non-hydrogen) atoms. The second kappa shape index (κ2) is 8.56. The van der Waals surface area contributed by atoms with Crippen LogP contribution in [0.3, 0.4) is 0 Å². The number of carbonyl (C=O) groups excluding carboxylic acids is 3. The minimum absolute atomic E-state index is 0.0727. The van der Waals surface area contributed by atoms with Crippen molar-refractivity contribution in [3.8, 4) is 0 Å². The van der Waals surface area contributed by atoms with E-state index in [0.29, 0.717) is 16.7 Å². The molecule has 0 saturated carbocycles. The number of urea groups is 1. The maximum atomic E-state index is 12.9. The molecule has 1 atom stereocenters. The number of hydrogen-bond donors (Lipinski definition) is 1. The molecule has 10 heteroatoms. The number of rotatable bonds is 4. The van der Waals surface area contributed by atoms with Crippen LogP contribution in [0.5, 0.6) is 0 Å². The lowest BCUT2D eigenvalue weighted by Gasteiger charge is -2.26. The Morgan fingerprint density at radius 1 is 1.23 bits per heavy atom. The van der Waals surface area contributed by atoms with Gasteiger partial charge in [0.05, 0.1) is 24.7 Å². The van der Waals surface area contributed by atoms with Gasteiger partial charge in [-0.3, -0.25) is 9.59 Å². The van der Waals surface area contributed by atoms with Gasteiger partial charge in [-0.1, -0.05) is 41.0 Å². The monoisotopic (exact) mass is 454 g/mol. The first-order valence-electron chi connectivity index (χ1n) is 9.48. The molecule has 0 spiro atoms. The normalized spacial score (nSPS) is 18.5. The topological polar surface area (TPSA) is 94.2 Å². The largest absolute Gasteiger partial charge is 0.445 e. The van der Waals surface area contributed by atoms with Crippen molar-refractivity contribution >= 4 is 63.3 Å². The molecule has 4 amide bonds. The lowest BCUT2D eigenvalue weighted by molar-refractivity contribution is -0.407. The zero-order valence-electron chi connectivity index (χ0n) is 17.2. The van der Waals surface area contributed by atoms with Crippen LogP contribution >= 0.6 is 23.1 Å². The number of amides is 4. The van der Waals surface area contributed by atoms with Gasteiger partial charge in [0.25, 0.3) is 5.84 Å². The van der Waals surface area contributed by atoms with E-state index in [1.54, 1.807) is 7.05 Å². The molecule has 2 aliphatic rings. The first-order valence-corrected chi connectivity index (χ1v) is 11.3. The fourth-order valence-electron chi connectivity index (χ4n) is 3.24. The van der Waals surface area contributed by atoms with Gasteiger partial charge in [0.1, 0.15) is 5.04 Å². The Morgan fingerprint density at radius 3 is 2.71 bits per heavy atom. The van der Waals surface area contributed by atoms with Gasteiger partial charge in [-0.05, 0) is 30.0 Å². The van der Waals surface area contributed by atoms with E-state index in [1.165, 1.54) is 34.7 Å². The van der Waals surface area contributed by atoms with Crippen LogP contribution in [0.2, 0.25) is 0 Å². The van der Waals surface area contributed by atoms with Gasteiger partial charge in [0.2, 0.25) is 11.7 Å². The molecule has 0 aliphatic carbocycles. The van der Waals surface area contributed by atoms with Crippen molar-refractivity contribution in [2.75, 3.05) is 25.2 Å². The van der Waals surface area contributed by atoms with E-state index >= 15 is 0 Å². The Labute approximate surface area is 187 Å². The number of benzene rings is 1. The SMILES string of the molecule is Cc1ccccc1NC(=O)CSC1=NC(c2cccs2)=NC2=[N+](C)C(=O)N(C)C(=O)C12. The van der Waals surface area contributed by atoms with Gasteiger partial charge >= 0.3 is 11.9 Å². The Balaban J connectivity index is 1.62. The second-order valence-corrected chi connectivity index (χ2v) is 8.99. The van der Waals surface area contributed by atoms with E-state index in [1.807, 2.05) is 48.7 Å². The highest BCUT2D eigenvalue weighted by atomic mass is 32.2. The third-order valence-corrected chi connectivity index (χ3v) is 6.84. The number of aliphatic imine (C=N–C) groups is 2. The Bertz CT molecular complexity index is 1170. The van der Waals surface area contributed by atoms with Crippen LogP contribution in [0.25, 0.3) is 0 Å². The molecular formula is C21H20N5O3S2+. The summed E-state index contributed by atoms with van der Waals surface area (Å²) in [7, 11) is 3.02. The lowest BCUT2D eigenvalue weighted by Crippen LogP contribution is -2.54. The Hall–Kier alpha value is -3.11. The average Bonchev–Trinajstić information content (AvgIpc) is 3.31.